The normalized spacial score (nSPS) is 12.6. The molecule has 3 rings (SSSR count). The number of nitrogens with one attached hydrogen (secondary N) is 1. The highest BCUT2D eigenvalue weighted by atomic mass is 16.5. The van der Waals surface area contributed by atoms with E-state index in [9.17, 15) is 4.79 Å². The van der Waals surface area contributed by atoms with Crippen LogP contribution in [0, 0.1) is 0 Å². The van der Waals surface area contributed by atoms with E-state index in [-0.39, 0.29) is 22.4 Å². The second-order valence-electron chi connectivity index (χ2n) is 8.18. The van der Waals surface area contributed by atoms with Gasteiger partial charge >= 0.3 is 0 Å². The first-order valence-electron chi connectivity index (χ1n) is 8.19. The van der Waals surface area contributed by atoms with Gasteiger partial charge in [0.05, 0.1) is 17.6 Å². The van der Waals surface area contributed by atoms with E-state index in [0.29, 0.717) is 11.5 Å². The van der Waals surface area contributed by atoms with Crippen molar-refractivity contribution in [2.45, 2.75) is 52.4 Å². The molecule has 0 saturated heterocycles. The standard InChI is InChI=1S/C18H23N5O2/c1-17(2,3)12-9-15(25-22-12)20-16(24)11-7-8-14-19-13(18(4,5)6)10-23(14)21-11/h7-10H,1-6H3,(H,20,24). The number of fused-ring (bicyclic) bond motifs is 1. The number of nitrogens with zero attached hydrogens (tertiary/aromatic N) is 4. The molecule has 1 amide bonds. The fourth-order valence-corrected chi connectivity index (χ4v) is 2.23. The molecule has 3 heterocycles. The largest absolute Gasteiger partial charge is 0.338 e. The number of carbonyl (C=O) groups is 1. The maximum atomic E-state index is 12.4. The second-order valence-corrected chi connectivity index (χ2v) is 8.18. The van der Waals surface area contributed by atoms with Gasteiger partial charge in [-0.15, -0.1) is 0 Å². The predicted octanol–water partition coefficient (Wildman–Crippen LogP) is 3.56. The molecule has 0 spiro atoms. The van der Waals surface area contributed by atoms with E-state index in [4.69, 9.17) is 4.52 Å². The van der Waals surface area contributed by atoms with E-state index in [1.165, 1.54) is 0 Å². The van der Waals surface area contributed by atoms with Gasteiger partial charge in [-0.2, -0.15) is 5.10 Å². The molecule has 0 saturated carbocycles. The third kappa shape index (κ3) is 3.55. The molecule has 0 aromatic carbocycles. The number of hydrogen-bond acceptors (Lipinski definition) is 5. The third-order valence-electron chi connectivity index (χ3n) is 3.84. The summed E-state index contributed by atoms with van der Waals surface area (Å²) in [5.41, 5.74) is 2.44. The van der Waals surface area contributed by atoms with Gasteiger partial charge in [0.25, 0.3) is 5.91 Å². The zero-order valence-corrected chi connectivity index (χ0v) is 15.4. The SMILES string of the molecule is CC(C)(C)c1cc(NC(=O)c2ccc3nc(C(C)(C)C)cn3n2)on1. The van der Waals surface area contributed by atoms with E-state index in [1.54, 1.807) is 22.7 Å². The van der Waals surface area contributed by atoms with Crippen LogP contribution in [-0.2, 0) is 10.8 Å². The van der Waals surface area contributed by atoms with Gasteiger partial charge in [0.2, 0.25) is 5.88 Å². The second kappa shape index (κ2) is 5.68. The van der Waals surface area contributed by atoms with Crippen LogP contribution < -0.4 is 5.32 Å². The zero-order valence-electron chi connectivity index (χ0n) is 15.4. The maximum absolute atomic E-state index is 12.4. The molecule has 7 nitrogen and oxygen atoms in total. The Morgan fingerprint density at radius 2 is 1.76 bits per heavy atom. The molecule has 0 fully saturated rings. The van der Waals surface area contributed by atoms with Crippen molar-refractivity contribution >= 4 is 17.4 Å². The van der Waals surface area contributed by atoms with Gasteiger partial charge in [-0.3, -0.25) is 10.1 Å². The van der Waals surface area contributed by atoms with Crippen molar-refractivity contribution in [3.63, 3.8) is 0 Å². The first kappa shape index (κ1) is 17.1. The van der Waals surface area contributed by atoms with Crippen molar-refractivity contribution in [2.24, 2.45) is 0 Å². The van der Waals surface area contributed by atoms with Gasteiger partial charge in [-0.25, -0.2) is 9.50 Å². The fraction of sp³-hybridized carbons (Fsp3) is 0.444. The lowest BCUT2D eigenvalue weighted by Crippen LogP contribution is -2.15. The van der Waals surface area contributed by atoms with Crippen molar-refractivity contribution in [2.75, 3.05) is 5.32 Å². The van der Waals surface area contributed by atoms with Crippen LogP contribution in [0.25, 0.3) is 5.65 Å². The Kier molecular flexibility index (Phi) is 3.89. The number of carbonyl (C=O) groups excluding carboxylic acids is 1. The van der Waals surface area contributed by atoms with Gasteiger partial charge in [0.1, 0.15) is 5.69 Å². The van der Waals surface area contributed by atoms with Crippen LogP contribution in [-0.4, -0.2) is 25.7 Å². The van der Waals surface area contributed by atoms with Crippen LogP contribution in [0.2, 0.25) is 0 Å². The Labute approximate surface area is 146 Å². The van der Waals surface area contributed by atoms with Gasteiger partial charge in [0, 0.05) is 16.9 Å². The highest BCUT2D eigenvalue weighted by molar-refractivity contribution is 6.02. The Balaban J connectivity index is 1.83. The molecule has 0 radical (unpaired) electrons. The first-order chi connectivity index (χ1) is 11.5. The minimum absolute atomic E-state index is 0.0840. The molecule has 3 aromatic heterocycles. The maximum Gasteiger partial charge on any atom is 0.278 e. The van der Waals surface area contributed by atoms with Crippen molar-refractivity contribution < 1.29 is 9.32 Å². The zero-order chi connectivity index (χ0) is 18.4. The molecule has 0 aliphatic carbocycles. The van der Waals surface area contributed by atoms with E-state index in [0.717, 1.165) is 11.4 Å². The van der Waals surface area contributed by atoms with E-state index < -0.39 is 0 Å². The molecule has 0 unspecified atom stereocenters. The van der Waals surface area contributed by atoms with Crippen molar-refractivity contribution in [3.8, 4) is 0 Å². The lowest BCUT2D eigenvalue weighted by Gasteiger charge is -2.13. The summed E-state index contributed by atoms with van der Waals surface area (Å²) in [5, 5.41) is 11.0. The minimum Gasteiger partial charge on any atom is -0.338 e. The molecule has 132 valence electrons. The number of imidazole rings is 1. The lowest BCUT2D eigenvalue weighted by molar-refractivity contribution is 0.101. The number of amides is 1. The summed E-state index contributed by atoms with van der Waals surface area (Å²) < 4.78 is 6.81. The molecule has 0 aliphatic rings. The molecule has 3 aromatic rings. The van der Waals surface area contributed by atoms with E-state index in [2.05, 4.69) is 41.3 Å². The minimum atomic E-state index is -0.357. The molecular formula is C18H23N5O2. The third-order valence-corrected chi connectivity index (χ3v) is 3.84. The summed E-state index contributed by atoms with van der Waals surface area (Å²) in [4.78, 5) is 17.0. The van der Waals surface area contributed by atoms with E-state index >= 15 is 0 Å². The van der Waals surface area contributed by atoms with Crippen LogP contribution in [0.5, 0.6) is 0 Å². The predicted molar refractivity (Wildman–Crippen MR) is 94.8 cm³/mol. The van der Waals surface area contributed by atoms with Crippen LogP contribution in [0.3, 0.4) is 0 Å². The Morgan fingerprint density at radius 1 is 1.08 bits per heavy atom. The molecule has 25 heavy (non-hydrogen) atoms. The summed E-state index contributed by atoms with van der Waals surface area (Å²) in [7, 11) is 0. The summed E-state index contributed by atoms with van der Waals surface area (Å²) in [6, 6.07) is 5.15. The van der Waals surface area contributed by atoms with Crippen LogP contribution in [0.15, 0.2) is 28.9 Å². The van der Waals surface area contributed by atoms with Crippen LogP contribution in [0.1, 0.15) is 63.4 Å². The van der Waals surface area contributed by atoms with Crippen molar-refractivity contribution in [3.05, 3.63) is 41.5 Å². The summed E-state index contributed by atoms with van der Waals surface area (Å²) in [6.07, 6.45) is 1.85. The number of anilines is 1. The molecule has 0 atom stereocenters. The highest BCUT2D eigenvalue weighted by Gasteiger charge is 2.21. The Bertz CT molecular complexity index is 925. The average molecular weight is 341 g/mol. The van der Waals surface area contributed by atoms with E-state index in [1.807, 2.05) is 27.0 Å². The van der Waals surface area contributed by atoms with Crippen molar-refractivity contribution in [1.29, 1.82) is 0 Å². The number of hydrogen-bond donors (Lipinski definition) is 1. The monoisotopic (exact) mass is 341 g/mol. The first-order valence-corrected chi connectivity index (χ1v) is 8.19. The number of aromatic nitrogens is 4. The highest BCUT2D eigenvalue weighted by Crippen LogP contribution is 2.24. The molecule has 1 N–H and O–H groups in total. The van der Waals surface area contributed by atoms with Gasteiger partial charge in [-0.05, 0) is 12.1 Å². The quantitative estimate of drug-likeness (QED) is 0.770. The number of rotatable bonds is 2. The lowest BCUT2D eigenvalue weighted by atomic mass is 9.92. The summed E-state index contributed by atoms with van der Waals surface area (Å²) in [5.74, 6) is -0.0534. The fourth-order valence-electron chi connectivity index (χ4n) is 2.23. The Morgan fingerprint density at radius 3 is 2.36 bits per heavy atom. The van der Waals surface area contributed by atoms with Gasteiger partial charge < -0.3 is 4.52 Å². The van der Waals surface area contributed by atoms with Crippen LogP contribution >= 0.6 is 0 Å². The molecule has 7 heteroatoms. The topological polar surface area (TPSA) is 85.3 Å². The van der Waals surface area contributed by atoms with Gasteiger partial charge in [-0.1, -0.05) is 46.7 Å². The molecular weight excluding hydrogens is 318 g/mol. The summed E-state index contributed by atoms with van der Waals surface area (Å²) in [6.45, 7) is 12.3. The molecule has 0 aliphatic heterocycles. The van der Waals surface area contributed by atoms with Crippen LogP contribution in [0.4, 0.5) is 5.88 Å². The Hall–Kier alpha value is -2.70. The molecule has 0 bridgehead atoms. The summed E-state index contributed by atoms with van der Waals surface area (Å²) >= 11 is 0. The average Bonchev–Trinajstić information content (AvgIpc) is 3.11. The van der Waals surface area contributed by atoms with Crippen molar-refractivity contribution in [1.82, 2.24) is 19.8 Å². The van der Waals surface area contributed by atoms with Gasteiger partial charge in [0.15, 0.2) is 5.65 Å². The smallest absolute Gasteiger partial charge is 0.278 e.